The first-order valence-corrected chi connectivity index (χ1v) is 6.83. The number of nitrogens with zero attached hydrogens (tertiary/aromatic N) is 3. The summed E-state index contributed by atoms with van der Waals surface area (Å²) < 4.78 is 0. The summed E-state index contributed by atoms with van der Waals surface area (Å²) in [7, 11) is 0. The van der Waals surface area contributed by atoms with Crippen LogP contribution in [0.1, 0.15) is 5.56 Å². The Labute approximate surface area is 114 Å². The molecule has 1 aliphatic rings. The van der Waals surface area contributed by atoms with Gasteiger partial charge in [0.05, 0.1) is 11.9 Å². The van der Waals surface area contributed by atoms with E-state index in [1.807, 2.05) is 18.5 Å². The minimum atomic E-state index is 1.06. The highest BCUT2D eigenvalue weighted by Crippen LogP contribution is 2.15. The van der Waals surface area contributed by atoms with Crippen LogP contribution in [-0.4, -0.2) is 36.1 Å². The smallest absolute Gasteiger partial charge is 0.0553 e. The molecule has 1 aromatic heterocycles. The van der Waals surface area contributed by atoms with Gasteiger partial charge in [-0.25, -0.2) is 0 Å². The SMILES string of the molecule is c1ccc(CN2CCN(c3cccnc3)CC2)cc1. The zero-order chi connectivity index (χ0) is 12.9. The van der Waals surface area contributed by atoms with E-state index < -0.39 is 0 Å². The molecule has 0 unspecified atom stereocenters. The summed E-state index contributed by atoms with van der Waals surface area (Å²) in [5.74, 6) is 0. The van der Waals surface area contributed by atoms with Crippen LogP contribution in [0.15, 0.2) is 54.9 Å². The Morgan fingerprint density at radius 3 is 2.37 bits per heavy atom. The van der Waals surface area contributed by atoms with Gasteiger partial charge in [0.25, 0.3) is 0 Å². The molecule has 19 heavy (non-hydrogen) atoms. The lowest BCUT2D eigenvalue weighted by Crippen LogP contribution is -2.45. The van der Waals surface area contributed by atoms with Gasteiger partial charge in [-0.05, 0) is 17.7 Å². The molecule has 1 fully saturated rings. The predicted molar refractivity (Wildman–Crippen MR) is 78.2 cm³/mol. The third kappa shape index (κ3) is 3.12. The second-order valence-corrected chi connectivity index (χ2v) is 4.96. The highest BCUT2D eigenvalue weighted by Gasteiger charge is 2.17. The normalized spacial score (nSPS) is 16.5. The Morgan fingerprint density at radius 1 is 0.895 bits per heavy atom. The molecule has 2 heterocycles. The number of anilines is 1. The lowest BCUT2D eigenvalue weighted by atomic mass is 10.2. The fourth-order valence-corrected chi connectivity index (χ4v) is 2.55. The van der Waals surface area contributed by atoms with Gasteiger partial charge in [-0.2, -0.15) is 0 Å². The van der Waals surface area contributed by atoms with Crippen LogP contribution >= 0.6 is 0 Å². The van der Waals surface area contributed by atoms with Gasteiger partial charge in [0.15, 0.2) is 0 Å². The number of piperazine rings is 1. The Balaban J connectivity index is 1.55. The molecule has 0 bridgehead atoms. The second kappa shape index (κ2) is 5.85. The minimum absolute atomic E-state index is 1.06. The van der Waals surface area contributed by atoms with Crippen LogP contribution in [0.4, 0.5) is 5.69 Å². The monoisotopic (exact) mass is 253 g/mol. The van der Waals surface area contributed by atoms with E-state index in [9.17, 15) is 0 Å². The van der Waals surface area contributed by atoms with Gasteiger partial charge >= 0.3 is 0 Å². The summed E-state index contributed by atoms with van der Waals surface area (Å²) in [6.45, 7) is 5.45. The minimum Gasteiger partial charge on any atom is -0.368 e. The zero-order valence-corrected chi connectivity index (χ0v) is 11.1. The van der Waals surface area contributed by atoms with E-state index in [4.69, 9.17) is 0 Å². The predicted octanol–water partition coefficient (Wildman–Crippen LogP) is 2.40. The van der Waals surface area contributed by atoms with Gasteiger partial charge in [-0.15, -0.1) is 0 Å². The molecule has 1 aliphatic heterocycles. The molecular weight excluding hydrogens is 234 g/mol. The molecule has 1 aromatic carbocycles. The van der Waals surface area contributed by atoms with E-state index in [1.54, 1.807) is 0 Å². The van der Waals surface area contributed by atoms with E-state index in [0.29, 0.717) is 0 Å². The van der Waals surface area contributed by atoms with Crippen LogP contribution in [0.5, 0.6) is 0 Å². The average Bonchev–Trinajstić information content (AvgIpc) is 2.50. The van der Waals surface area contributed by atoms with E-state index in [2.05, 4.69) is 51.2 Å². The van der Waals surface area contributed by atoms with Crippen LogP contribution < -0.4 is 4.90 Å². The van der Waals surface area contributed by atoms with E-state index in [-0.39, 0.29) is 0 Å². The average molecular weight is 253 g/mol. The molecule has 1 saturated heterocycles. The molecule has 2 aromatic rings. The Morgan fingerprint density at radius 2 is 1.68 bits per heavy atom. The highest BCUT2D eigenvalue weighted by atomic mass is 15.3. The zero-order valence-electron chi connectivity index (χ0n) is 11.1. The van der Waals surface area contributed by atoms with Crippen molar-refractivity contribution in [1.82, 2.24) is 9.88 Å². The van der Waals surface area contributed by atoms with Gasteiger partial charge in [-0.1, -0.05) is 30.3 Å². The van der Waals surface area contributed by atoms with Gasteiger partial charge in [-0.3, -0.25) is 9.88 Å². The van der Waals surface area contributed by atoms with Crippen molar-refractivity contribution in [3.8, 4) is 0 Å². The number of aromatic nitrogens is 1. The molecule has 0 aliphatic carbocycles. The van der Waals surface area contributed by atoms with E-state index >= 15 is 0 Å². The standard InChI is InChI=1S/C16H19N3/c1-2-5-15(6-3-1)14-18-9-11-19(12-10-18)16-7-4-8-17-13-16/h1-8,13H,9-12,14H2. The van der Waals surface area contributed by atoms with Crippen LogP contribution in [0.2, 0.25) is 0 Å². The van der Waals surface area contributed by atoms with Crippen LogP contribution in [-0.2, 0) is 6.54 Å². The summed E-state index contributed by atoms with van der Waals surface area (Å²) in [4.78, 5) is 9.12. The summed E-state index contributed by atoms with van der Waals surface area (Å²) in [6, 6.07) is 14.8. The van der Waals surface area contributed by atoms with Crippen molar-refractivity contribution in [3.63, 3.8) is 0 Å². The van der Waals surface area contributed by atoms with Crippen molar-refractivity contribution in [2.45, 2.75) is 6.54 Å². The molecule has 0 radical (unpaired) electrons. The maximum absolute atomic E-state index is 4.19. The quantitative estimate of drug-likeness (QED) is 0.837. The number of rotatable bonds is 3. The van der Waals surface area contributed by atoms with Crippen LogP contribution in [0.3, 0.4) is 0 Å². The maximum atomic E-state index is 4.19. The Kier molecular flexibility index (Phi) is 3.75. The third-order valence-corrected chi connectivity index (χ3v) is 3.63. The second-order valence-electron chi connectivity index (χ2n) is 4.96. The Hall–Kier alpha value is -1.87. The van der Waals surface area contributed by atoms with Crippen molar-refractivity contribution >= 4 is 5.69 Å². The Bertz CT molecular complexity index is 490. The summed E-state index contributed by atoms with van der Waals surface area (Å²) >= 11 is 0. The van der Waals surface area contributed by atoms with Crippen molar-refractivity contribution in [1.29, 1.82) is 0 Å². The topological polar surface area (TPSA) is 19.4 Å². The molecule has 3 nitrogen and oxygen atoms in total. The highest BCUT2D eigenvalue weighted by molar-refractivity contribution is 5.44. The third-order valence-electron chi connectivity index (χ3n) is 3.63. The number of hydrogen-bond donors (Lipinski definition) is 0. The van der Waals surface area contributed by atoms with E-state index in [1.165, 1.54) is 11.3 Å². The lowest BCUT2D eigenvalue weighted by Gasteiger charge is -2.35. The van der Waals surface area contributed by atoms with Gasteiger partial charge in [0.1, 0.15) is 0 Å². The summed E-state index contributed by atoms with van der Waals surface area (Å²) in [5, 5.41) is 0. The van der Waals surface area contributed by atoms with E-state index in [0.717, 1.165) is 32.7 Å². The maximum Gasteiger partial charge on any atom is 0.0553 e. The first-order chi connectivity index (χ1) is 9.42. The fourth-order valence-electron chi connectivity index (χ4n) is 2.55. The van der Waals surface area contributed by atoms with Crippen molar-refractivity contribution in [2.24, 2.45) is 0 Å². The van der Waals surface area contributed by atoms with Crippen LogP contribution in [0.25, 0.3) is 0 Å². The molecule has 0 saturated carbocycles. The molecule has 0 atom stereocenters. The van der Waals surface area contributed by atoms with Gasteiger partial charge in [0.2, 0.25) is 0 Å². The van der Waals surface area contributed by atoms with Crippen molar-refractivity contribution in [2.75, 3.05) is 31.1 Å². The van der Waals surface area contributed by atoms with Crippen molar-refractivity contribution < 1.29 is 0 Å². The first kappa shape index (κ1) is 12.2. The molecular formula is C16H19N3. The summed E-state index contributed by atoms with van der Waals surface area (Å²) in [5.41, 5.74) is 2.64. The molecule has 3 heteroatoms. The molecule has 0 spiro atoms. The fraction of sp³-hybridized carbons (Fsp3) is 0.312. The summed E-state index contributed by atoms with van der Waals surface area (Å²) in [6.07, 6.45) is 3.78. The molecule has 98 valence electrons. The van der Waals surface area contributed by atoms with Crippen LogP contribution in [0, 0.1) is 0 Å². The number of pyridine rings is 1. The van der Waals surface area contributed by atoms with Gasteiger partial charge in [0, 0.05) is 38.9 Å². The lowest BCUT2D eigenvalue weighted by molar-refractivity contribution is 0.250. The first-order valence-electron chi connectivity index (χ1n) is 6.83. The van der Waals surface area contributed by atoms with Crippen molar-refractivity contribution in [3.05, 3.63) is 60.4 Å². The number of benzene rings is 1. The molecule has 3 rings (SSSR count). The molecule has 0 amide bonds. The largest absolute Gasteiger partial charge is 0.368 e. The van der Waals surface area contributed by atoms with Gasteiger partial charge < -0.3 is 4.90 Å². The number of hydrogen-bond acceptors (Lipinski definition) is 3. The molecule has 0 N–H and O–H groups in total.